The van der Waals surface area contributed by atoms with Crippen molar-refractivity contribution in [2.45, 2.75) is 257 Å². The molecule has 6 N–H and O–H groups in total. The zero-order valence-corrected chi connectivity index (χ0v) is 40.0. The molecule has 0 aliphatic carbocycles. The molecular weight excluding hydrogens is 772 g/mol. The molecule has 0 heterocycles. The Labute approximate surface area is 370 Å². The molecule has 0 fully saturated rings. The van der Waals surface area contributed by atoms with Crippen molar-refractivity contribution < 1.29 is 33.5 Å². The molecule has 0 aromatic carbocycles. The molecule has 0 spiro atoms. The Morgan fingerprint density at radius 3 is 1.42 bits per heavy atom. The number of carbonyl (C=O) groups excluding carboxylic acids is 1. The first-order chi connectivity index (χ1) is 29.3. The first-order valence-corrected chi connectivity index (χ1v) is 26.7. The Kier molecular flexibility index (Phi) is 44.7. The van der Waals surface area contributed by atoms with Crippen molar-refractivity contribution in [1.82, 2.24) is 5.32 Å². The molecule has 0 aliphatic rings. The number of phosphoric acid groups is 1. The normalized spacial score (nSPS) is 14.7. The van der Waals surface area contributed by atoms with Crippen LogP contribution in [0, 0.1) is 0 Å². The number of amides is 1. The number of aliphatic hydroxyl groups is 2. The van der Waals surface area contributed by atoms with Gasteiger partial charge in [-0.3, -0.25) is 13.8 Å². The summed E-state index contributed by atoms with van der Waals surface area (Å²) in [4.78, 5) is 22.8. The van der Waals surface area contributed by atoms with E-state index in [4.69, 9.17) is 14.8 Å². The summed E-state index contributed by atoms with van der Waals surface area (Å²) in [6.07, 6.45) is 52.3. The van der Waals surface area contributed by atoms with Gasteiger partial charge in [-0.2, -0.15) is 0 Å². The molecule has 0 saturated heterocycles. The van der Waals surface area contributed by atoms with Crippen molar-refractivity contribution in [3.05, 3.63) is 36.5 Å². The fraction of sp³-hybridized carbons (Fsp3) is 0.860. The Morgan fingerprint density at radius 2 is 0.983 bits per heavy atom. The molecule has 4 unspecified atom stereocenters. The molecule has 0 rings (SSSR count). The summed E-state index contributed by atoms with van der Waals surface area (Å²) >= 11 is 0. The van der Waals surface area contributed by atoms with E-state index in [1.165, 1.54) is 148 Å². The van der Waals surface area contributed by atoms with Gasteiger partial charge in [0.2, 0.25) is 5.91 Å². The maximum Gasteiger partial charge on any atom is 0.472 e. The van der Waals surface area contributed by atoms with Crippen molar-refractivity contribution in [2.24, 2.45) is 5.73 Å². The first kappa shape index (κ1) is 58.7. The van der Waals surface area contributed by atoms with Crippen LogP contribution >= 0.6 is 7.82 Å². The van der Waals surface area contributed by atoms with Crippen molar-refractivity contribution in [1.29, 1.82) is 0 Å². The summed E-state index contributed by atoms with van der Waals surface area (Å²) in [6.45, 7) is 3.99. The standard InChI is InChI=1S/C50H97N2O7P/c1-3-5-7-9-11-13-15-17-19-21-22-23-24-26-27-29-31-33-35-37-39-41-47(53)45-50(55)52-48(46-59-60(56,57)58-44-43-51)49(54)42-40-38-36-34-32-30-28-25-20-18-16-14-12-10-8-6-4-2/h22-23,26-27,40,42,47-49,53-54H,3-21,24-25,28-39,41,43-46,51H2,1-2H3,(H,52,55)(H,56,57)/b23-22-,27-26-,42-40+. The maximum absolute atomic E-state index is 12.9. The molecule has 0 aromatic rings. The van der Waals surface area contributed by atoms with Crippen LogP contribution in [0.25, 0.3) is 0 Å². The van der Waals surface area contributed by atoms with Crippen LogP contribution in [0.4, 0.5) is 0 Å². The predicted octanol–water partition coefficient (Wildman–Crippen LogP) is 13.6. The summed E-state index contributed by atoms with van der Waals surface area (Å²) in [5, 5.41) is 24.1. The van der Waals surface area contributed by atoms with Crippen LogP contribution in [0.3, 0.4) is 0 Å². The third-order valence-corrected chi connectivity index (χ3v) is 12.2. The minimum atomic E-state index is -4.41. The van der Waals surface area contributed by atoms with Gasteiger partial charge in [-0.05, 0) is 51.4 Å². The molecule has 0 aromatic heterocycles. The largest absolute Gasteiger partial charge is 0.472 e. The quantitative estimate of drug-likeness (QED) is 0.0230. The van der Waals surface area contributed by atoms with E-state index in [2.05, 4.69) is 43.5 Å². The lowest BCUT2D eigenvalue weighted by Crippen LogP contribution is -2.46. The van der Waals surface area contributed by atoms with Gasteiger partial charge in [0.05, 0.1) is 37.9 Å². The average molecular weight is 869 g/mol. The number of unbranched alkanes of at least 4 members (excludes halogenated alkanes) is 29. The molecule has 1 amide bonds. The van der Waals surface area contributed by atoms with E-state index in [9.17, 15) is 24.5 Å². The second-order valence-electron chi connectivity index (χ2n) is 17.2. The van der Waals surface area contributed by atoms with Crippen molar-refractivity contribution in [2.75, 3.05) is 19.8 Å². The Hall–Kier alpha value is -1.32. The highest BCUT2D eigenvalue weighted by atomic mass is 31.2. The zero-order valence-electron chi connectivity index (χ0n) is 39.1. The van der Waals surface area contributed by atoms with E-state index in [1.807, 2.05) is 6.08 Å². The molecule has 354 valence electrons. The van der Waals surface area contributed by atoms with E-state index in [0.717, 1.165) is 64.2 Å². The molecule has 9 nitrogen and oxygen atoms in total. The lowest BCUT2D eigenvalue weighted by Gasteiger charge is -2.24. The Morgan fingerprint density at radius 1 is 0.583 bits per heavy atom. The molecule has 60 heavy (non-hydrogen) atoms. The van der Waals surface area contributed by atoms with Gasteiger partial charge in [-0.15, -0.1) is 0 Å². The number of hydrogen-bond donors (Lipinski definition) is 5. The summed E-state index contributed by atoms with van der Waals surface area (Å²) in [5.74, 6) is -0.452. The Balaban J connectivity index is 4.23. The van der Waals surface area contributed by atoms with Crippen LogP contribution in [-0.2, 0) is 18.4 Å². The number of nitrogens with one attached hydrogen (secondary N) is 1. The maximum atomic E-state index is 12.9. The number of aliphatic hydroxyl groups excluding tert-OH is 2. The van der Waals surface area contributed by atoms with E-state index in [0.29, 0.717) is 6.42 Å². The average Bonchev–Trinajstić information content (AvgIpc) is 3.23. The van der Waals surface area contributed by atoms with Gasteiger partial charge in [0.25, 0.3) is 0 Å². The Bertz CT molecular complexity index is 1060. The van der Waals surface area contributed by atoms with Gasteiger partial charge in [0, 0.05) is 6.54 Å². The fourth-order valence-corrected chi connectivity index (χ4v) is 8.20. The minimum Gasteiger partial charge on any atom is -0.393 e. The van der Waals surface area contributed by atoms with E-state index < -0.39 is 38.6 Å². The van der Waals surface area contributed by atoms with Gasteiger partial charge in [0.15, 0.2) is 0 Å². The monoisotopic (exact) mass is 869 g/mol. The first-order valence-electron chi connectivity index (χ1n) is 25.2. The van der Waals surface area contributed by atoms with Crippen LogP contribution in [-0.4, -0.2) is 59.0 Å². The summed E-state index contributed by atoms with van der Waals surface area (Å²) in [6, 6.07) is -0.987. The fourth-order valence-electron chi connectivity index (χ4n) is 7.44. The number of phosphoric ester groups is 1. The predicted molar refractivity (Wildman–Crippen MR) is 255 cm³/mol. The van der Waals surface area contributed by atoms with Gasteiger partial charge >= 0.3 is 7.82 Å². The zero-order chi connectivity index (χ0) is 44.0. The van der Waals surface area contributed by atoms with Gasteiger partial charge in [0.1, 0.15) is 0 Å². The molecular formula is C50H97N2O7P. The number of nitrogens with two attached hydrogens (primary N) is 1. The molecule has 0 saturated carbocycles. The topological polar surface area (TPSA) is 151 Å². The summed E-state index contributed by atoms with van der Waals surface area (Å²) in [5.41, 5.74) is 5.38. The highest BCUT2D eigenvalue weighted by molar-refractivity contribution is 7.47. The van der Waals surface area contributed by atoms with E-state index >= 15 is 0 Å². The van der Waals surface area contributed by atoms with Crippen molar-refractivity contribution >= 4 is 13.7 Å². The van der Waals surface area contributed by atoms with Gasteiger partial charge in [-0.25, -0.2) is 4.57 Å². The summed E-state index contributed by atoms with van der Waals surface area (Å²) in [7, 11) is -4.41. The minimum absolute atomic E-state index is 0.0472. The lowest BCUT2D eigenvalue weighted by atomic mass is 10.0. The molecule has 4 atom stereocenters. The number of allylic oxidation sites excluding steroid dienone is 5. The third kappa shape index (κ3) is 43.3. The second kappa shape index (κ2) is 45.7. The smallest absolute Gasteiger partial charge is 0.393 e. The van der Waals surface area contributed by atoms with Crippen LogP contribution in [0.5, 0.6) is 0 Å². The number of hydrogen-bond acceptors (Lipinski definition) is 7. The van der Waals surface area contributed by atoms with E-state index in [-0.39, 0.29) is 19.6 Å². The van der Waals surface area contributed by atoms with Gasteiger partial charge < -0.3 is 26.2 Å². The van der Waals surface area contributed by atoms with Crippen LogP contribution in [0.2, 0.25) is 0 Å². The molecule has 0 aliphatic heterocycles. The highest BCUT2D eigenvalue weighted by Gasteiger charge is 2.27. The van der Waals surface area contributed by atoms with Crippen LogP contribution in [0.1, 0.15) is 239 Å². The van der Waals surface area contributed by atoms with Crippen LogP contribution < -0.4 is 11.1 Å². The lowest BCUT2D eigenvalue weighted by molar-refractivity contribution is -0.124. The van der Waals surface area contributed by atoms with Crippen molar-refractivity contribution in [3.8, 4) is 0 Å². The van der Waals surface area contributed by atoms with Crippen molar-refractivity contribution in [3.63, 3.8) is 0 Å². The highest BCUT2D eigenvalue weighted by Crippen LogP contribution is 2.43. The number of carbonyl (C=O) groups is 1. The molecule has 0 bridgehead atoms. The molecule has 0 radical (unpaired) electrons. The van der Waals surface area contributed by atoms with Crippen LogP contribution in [0.15, 0.2) is 36.5 Å². The second-order valence-corrected chi connectivity index (χ2v) is 18.7. The summed E-state index contributed by atoms with van der Waals surface area (Å²) < 4.78 is 22.1. The van der Waals surface area contributed by atoms with E-state index in [1.54, 1.807) is 6.08 Å². The molecule has 10 heteroatoms. The van der Waals surface area contributed by atoms with Gasteiger partial charge in [-0.1, -0.05) is 217 Å². The third-order valence-electron chi connectivity index (χ3n) is 11.3. The number of rotatable bonds is 47. The SMILES string of the molecule is CCCCCCCCCCC/C=C\C/C=C\CCCCCCCC(O)CC(=O)NC(COP(=O)(O)OCCN)C(O)/C=C/CCCCCCCCCCCCCCCCC.